The Balaban J connectivity index is 1.58. The van der Waals surface area contributed by atoms with Crippen LogP contribution in [0, 0.1) is 13.8 Å². The van der Waals surface area contributed by atoms with Crippen molar-refractivity contribution in [1.29, 1.82) is 0 Å². The van der Waals surface area contributed by atoms with Gasteiger partial charge >= 0.3 is 0 Å². The molecule has 0 spiro atoms. The van der Waals surface area contributed by atoms with E-state index in [1.165, 1.54) is 15.5 Å². The number of benzene rings is 2. The maximum atomic E-state index is 12.6. The fraction of sp³-hybridized carbons (Fsp3) is 0.348. The lowest BCUT2D eigenvalue weighted by atomic mass is 10.1. The van der Waals surface area contributed by atoms with Gasteiger partial charge in [-0.05, 0) is 61.7 Å². The quantitative estimate of drug-likeness (QED) is 0.445. The molecule has 1 heterocycles. The Labute approximate surface area is 199 Å². The van der Waals surface area contributed by atoms with Crippen LogP contribution in [0.1, 0.15) is 29.9 Å². The zero-order valence-corrected chi connectivity index (χ0v) is 20.7. The number of amides is 1. The Kier molecular flexibility index (Phi) is 7.76. The van der Waals surface area contributed by atoms with Crippen LogP contribution in [0.3, 0.4) is 0 Å². The molecule has 0 N–H and O–H groups in total. The molecule has 0 aliphatic rings. The molecule has 0 bridgehead atoms. The lowest BCUT2D eigenvalue weighted by molar-refractivity contribution is -0.130. The van der Waals surface area contributed by atoms with E-state index in [0.717, 1.165) is 16.7 Å². The number of hydrogen-bond acceptors (Lipinski definition) is 6. The van der Waals surface area contributed by atoms with Crippen molar-refractivity contribution in [1.82, 2.24) is 15.0 Å². The number of aromatic nitrogens is 2. The molecule has 0 radical (unpaired) electrons. The van der Waals surface area contributed by atoms with Crippen molar-refractivity contribution in [2.75, 3.05) is 24.2 Å². The summed E-state index contributed by atoms with van der Waals surface area (Å²) in [6.45, 7) is 4.20. The minimum Gasteiger partial charge on any atom is -0.337 e. The molecule has 0 aliphatic heterocycles. The predicted octanol–water partition coefficient (Wildman–Crippen LogP) is 4.21. The predicted molar refractivity (Wildman–Crippen MR) is 129 cm³/mol. The minimum atomic E-state index is -3.48. The van der Waals surface area contributed by atoms with E-state index in [1.54, 1.807) is 37.4 Å². The van der Waals surface area contributed by atoms with E-state index in [-0.39, 0.29) is 25.4 Å². The Morgan fingerprint density at radius 1 is 1.12 bits per heavy atom. The van der Waals surface area contributed by atoms with Gasteiger partial charge in [-0.25, -0.2) is 8.42 Å². The second-order valence-electron chi connectivity index (χ2n) is 7.93. The Bertz CT molecular complexity index is 1230. The molecule has 10 heteroatoms. The highest BCUT2D eigenvalue weighted by Crippen LogP contribution is 2.25. The molecular weight excluding hydrogens is 464 g/mol. The van der Waals surface area contributed by atoms with Crippen molar-refractivity contribution in [2.45, 2.75) is 33.2 Å². The van der Waals surface area contributed by atoms with Crippen molar-refractivity contribution < 1.29 is 17.7 Å². The molecule has 3 rings (SSSR count). The summed E-state index contributed by atoms with van der Waals surface area (Å²) in [6.07, 6.45) is 1.74. The number of sulfonamides is 1. The first kappa shape index (κ1) is 24.7. The number of nitrogens with zero attached hydrogens (tertiary/aromatic N) is 4. The molecule has 0 aliphatic carbocycles. The van der Waals surface area contributed by atoms with Gasteiger partial charge in [0.1, 0.15) is 0 Å². The third-order valence-corrected chi connectivity index (χ3v) is 6.80. The van der Waals surface area contributed by atoms with Gasteiger partial charge in [0.25, 0.3) is 0 Å². The average molecular weight is 491 g/mol. The summed E-state index contributed by atoms with van der Waals surface area (Å²) in [5.41, 5.74) is 3.31. The van der Waals surface area contributed by atoms with Crippen LogP contribution >= 0.6 is 11.6 Å². The molecule has 0 unspecified atom stereocenters. The highest BCUT2D eigenvalue weighted by molar-refractivity contribution is 7.92. The SMILES string of the molecule is Cc1cccc(N(CCCC(=O)N(C)Cc2nc(-c3ccc(Cl)cc3)no2)S(C)(=O)=O)c1C. The van der Waals surface area contributed by atoms with Crippen LogP contribution in [-0.4, -0.2) is 49.2 Å². The topological polar surface area (TPSA) is 96.6 Å². The van der Waals surface area contributed by atoms with E-state index in [2.05, 4.69) is 10.1 Å². The molecule has 0 saturated heterocycles. The number of carbonyl (C=O) groups excluding carboxylic acids is 1. The van der Waals surface area contributed by atoms with E-state index in [4.69, 9.17) is 16.1 Å². The summed E-state index contributed by atoms with van der Waals surface area (Å²) in [5, 5.41) is 4.56. The van der Waals surface area contributed by atoms with Crippen molar-refractivity contribution in [3.05, 3.63) is 64.5 Å². The largest absolute Gasteiger partial charge is 0.337 e. The lowest BCUT2D eigenvalue weighted by Gasteiger charge is -2.25. The van der Waals surface area contributed by atoms with Crippen LogP contribution < -0.4 is 4.31 Å². The fourth-order valence-corrected chi connectivity index (χ4v) is 4.50. The second-order valence-corrected chi connectivity index (χ2v) is 10.3. The van der Waals surface area contributed by atoms with Gasteiger partial charge in [-0.1, -0.05) is 28.9 Å². The molecule has 176 valence electrons. The summed E-state index contributed by atoms with van der Waals surface area (Å²) in [4.78, 5) is 18.4. The van der Waals surface area contributed by atoms with Gasteiger partial charge in [-0.2, -0.15) is 4.98 Å². The molecule has 1 amide bonds. The number of rotatable bonds is 9. The van der Waals surface area contributed by atoms with Gasteiger partial charge < -0.3 is 9.42 Å². The van der Waals surface area contributed by atoms with E-state index < -0.39 is 10.0 Å². The van der Waals surface area contributed by atoms with E-state index in [9.17, 15) is 13.2 Å². The number of carbonyl (C=O) groups is 1. The lowest BCUT2D eigenvalue weighted by Crippen LogP contribution is -2.33. The van der Waals surface area contributed by atoms with Gasteiger partial charge in [-0.3, -0.25) is 9.10 Å². The van der Waals surface area contributed by atoms with Gasteiger partial charge in [0, 0.05) is 30.6 Å². The fourth-order valence-electron chi connectivity index (χ4n) is 3.36. The second kappa shape index (κ2) is 10.4. The van der Waals surface area contributed by atoms with Gasteiger partial charge in [0.05, 0.1) is 18.5 Å². The van der Waals surface area contributed by atoms with Crippen molar-refractivity contribution >= 4 is 33.2 Å². The first-order chi connectivity index (χ1) is 15.6. The normalized spacial score (nSPS) is 11.4. The molecule has 0 atom stereocenters. The summed E-state index contributed by atoms with van der Waals surface area (Å²) in [5.74, 6) is 0.583. The number of halogens is 1. The van der Waals surface area contributed by atoms with Crippen molar-refractivity contribution in [3.63, 3.8) is 0 Å². The third-order valence-electron chi connectivity index (χ3n) is 5.37. The Morgan fingerprint density at radius 3 is 2.48 bits per heavy atom. The summed E-state index contributed by atoms with van der Waals surface area (Å²) >= 11 is 5.90. The number of anilines is 1. The highest BCUT2D eigenvalue weighted by atomic mass is 35.5. The molecular formula is C23H27ClN4O4S. The van der Waals surface area contributed by atoms with Crippen LogP contribution in [-0.2, 0) is 21.4 Å². The van der Waals surface area contributed by atoms with Gasteiger partial charge in [0.15, 0.2) is 0 Å². The molecule has 1 aromatic heterocycles. The minimum absolute atomic E-state index is 0.143. The van der Waals surface area contributed by atoms with Crippen molar-refractivity contribution in [2.24, 2.45) is 0 Å². The first-order valence-electron chi connectivity index (χ1n) is 10.4. The number of hydrogen-bond donors (Lipinski definition) is 0. The van der Waals surface area contributed by atoms with Crippen molar-refractivity contribution in [3.8, 4) is 11.4 Å². The van der Waals surface area contributed by atoms with E-state index in [0.29, 0.717) is 28.8 Å². The number of aryl methyl sites for hydroxylation is 1. The summed E-state index contributed by atoms with van der Waals surface area (Å²) in [6, 6.07) is 12.6. The van der Waals surface area contributed by atoms with Gasteiger partial charge in [0.2, 0.25) is 27.6 Å². The molecule has 8 nitrogen and oxygen atoms in total. The molecule has 2 aromatic carbocycles. The molecule has 3 aromatic rings. The molecule has 0 saturated carbocycles. The zero-order valence-electron chi connectivity index (χ0n) is 19.1. The van der Waals surface area contributed by atoms with Crippen LogP contribution in [0.25, 0.3) is 11.4 Å². The monoisotopic (exact) mass is 490 g/mol. The first-order valence-corrected chi connectivity index (χ1v) is 12.7. The smallest absolute Gasteiger partial charge is 0.246 e. The maximum Gasteiger partial charge on any atom is 0.246 e. The highest BCUT2D eigenvalue weighted by Gasteiger charge is 2.21. The standard InChI is InChI=1S/C23H27ClN4O4S/c1-16-7-5-8-20(17(16)2)28(33(4,30)31)14-6-9-22(29)27(3)15-21-25-23(26-32-21)18-10-12-19(24)13-11-18/h5,7-8,10-13H,6,9,14-15H2,1-4H3. The van der Waals surface area contributed by atoms with E-state index in [1.807, 2.05) is 26.0 Å². The van der Waals surface area contributed by atoms with E-state index >= 15 is 0 Å². The van der Waals surface area contributed by atoms with Crippen LogP contribution in [0.15, 0.2) is 47.0 Å². The summed E-state index contributed by atoms with van der Waals surface area (Å²) in [7, 11) is -1.84. The average Bonchev–Trinajstić information content (AvgIpc) is 3.21. The Morgan fingerprint density at radius 2 is 1.82 bits per heavy atom. The molecule has 0 fully saturated rings. The van der Waals surface area contributed by atoms with Crippen LogP contribution in [0.2, 0.25) is 5.02 Å². The summed E-state index contributed by atoms with van der Waals surface area (Å²) < 4.78 is 31.4. The molecule has 33 heavy (non-hydrogen) atoms. The van der Waals surface area contributed by atoms with Crippen LogP contribution in [0.4, 0.5) is 5.69 Å². The van der Waals surface area contributed by atoms with Crippen LogP contribution in [0.5, 0.6) is 0 Å². The Hall–Kier alpha value is -2.91. The maximum absolute atomic E-state index is 12.6. The zero-order chi connectivity index (χ0) is 24.2. The van der Waals surface area contributed by atoms with Gasteiger partial charge in [-0.15, -0.1) is 0 Å². The third kappa shape index (κ3) is 6.33.